The lowest BCUT2D eigenvalue weighted by Gasteiger charge is -2.17. The lowest BCUT2D eigenvalue weighted by molar-refractivity contribution is -0.123. The van der Waals surface area contributed by atoms with E-state index < -0.39 is 18.0 Å². The third-order valence-electron chi connectivity index (χ3n) is 4.84. The molecule has 0 saturated heterocycles. The first-order valence-electron chi connectivity index (χ1n) is 10.9. The molecule has 176 valence electrons. The summed E-state index contributed by atoms with van der Waals surface area (Å²) in [4.78, 5) is 28.4. The molecule has 3 aromatic rings. The first-order valence-corrected chi connectivity index (χ1v) is 10.9. The summed E-state index contributed by atoms with van der Waals surface area (Å²) in [5, 5.41) is 16.3. The minimum atomic E-state index is -0.916. The van der Waals surface area contributed by atoms with Crippen LogP contribution < -0.4 is 15.5 Å². The normalized spacial score (nSPS) is 11.8. The Labute approximate surface area is 197 Å². The van der Waals surface area contributed by atoms with Crippen LogP contribution in [-0.4, -0.2) is 42.5 Å². The number of nitrogens with one attached hydrogen (secondary N) is 3. The number of alkyl carbamates (subject to hydrolysis) is 1. The van der Waals surface area contributed by atoms with Crippen LogP contribution in [-0.2, 0) is 16.0 Å². The summed E-state index contributed by atoms with van der Waals surface area (Å²) < 4.78 is 10.6. The van der Waals surface area contributed by atoms with Gasteiger partial charge >= 0.3 is 6.09 Å². The molecule has 3 rings (SSSR count). The van der Waals surface area contributed by atoms with Crippen LogP contribution in [0, 0.1) is 17.2 Å². The van der Waals surface area contributed by atoms with Gasteiger partial charge < -0.3 is 19.8 Å². The molecular weight excluding hydrogens is 434 g/mol. The number of nitrogens with zero attached hydrogens (tertiary/aromatic N) is 2. The molecule has 1 heterocycles. The molecule has 2 aromatic carbocycles. The van der Waals surface area contributed by atoms with Crippen molar-refractivity contribution in [2.45, 2.75) is 26.3 Å². The number of fused-ring (bicyclic) bond motifs is 1. The zero-order chi connectivity index (χ0) is 24.3. The molecule has 0 aliphatic heterocycles. The molecule has 1 aromatic heterocycles. The van der Waals surface area contributed by atoms with Crippen LogP contribution in [0.4, 0.5) is 4.79 Å². The molecule has 3 N–H and O–H groups in total. The Balaban J connectivity index is 1.73. The fourth-order valence-electron chi connectivity index (χ4n) is 3.23. The van der Waals surface area contributed by atoms with Crippen molar-refractivity contribution in [1.82, 2.24) is 15.7 Å². The topological polar surface area (TPSA) is 129 Å². The van der Waals surface area contributed by atoms with E-state index >= 15 is 0 Å². The Morgan fingerprint density at radius 3 is 2.74 bits per heavy atom. The van der Waals surface area contributed by atoms with Gasteiger partial charge in [-0.25, -0.2) is 10.2 Å². The Kier molecular flexibility index (Phi) is 8.63. The van der Waals surface area contributed by atoms with Crippen molar-refractivity contribution in [3.8, 4) is 11.8 Å². The highest BCUT2D eigenvalue weighted by Crippen LogP contribution is 2.19. The molecule has 0 spiro atoms. The van der Waals surface area contributed by atoms with Gasteiger partial charge in [0.25, 0.3) is 5.91 Å². The van der Waals surface area contributed by atoms with E-state index in [1.807, 2.05) is 50.4 Å². The molecule has 34 heavy (non-hydrogen) atoms. The van der Waals surface area contributed by atoms with Crippen molar-refractivity contribution < 1.29 is 19.1 Å². The number of carbonyl (C=O) groups is 2. The van der Waals surface area contributed by atoms with Gasteiger partial charge in [-0.05, 0) is 29.7 Å². The second kappa shape index (κ2) is 12.1. The Bertz CT molecular complexity index is 1200. The maximum absolute atomic E-state index is 12.9. The number of carbonyl (C=O) groups excluding carboxylic acids is 2. The van der Waals surface area contributed by atoms with Crippen molar-refractivity contribution >= 4 is 29.1 Å². The summed E-state index contributed by atoms with van der Waals surface area (Å²) in [7, 11) is 0. The number of hydrogen-bond acceptors (Lipinski definition) is 6. The second-order valence-corrected chi connectivity index (χ2v) is 7.97. The number of rotatable bonds is 10. The number of para-hydroxylation sites is 2. The van der Waals surface area contributed by atoms with Crippen LogP contribution in [0.1, 0.15) is 25.0 Å². The lowest BCUT2D eigenvalue weighted by Crippen LogP contribution is -2.47. The number of hydrazone groups is 1. The molecule has 9 heteroatoms. The maximum atomic E-state index is 12.9. The molecule has 0 aliphatic carbocycles. The SMILES string of the molecule is CC(C)COC(=O)N[C@@H](Cc1c[nH]c2ccccc12)C(=O)N/N=C\c1ccccc1OCC#N. The smallest absolute Gasteiger partial charge is 0.407 e. The number of aromatic amines is 1. The third-order valence-corrected chi connectivity index (χ3v) is 4.84. The summed E-state index contributed by atoms with van der Waals surface area (Å²) in [6, 6.07) is 15.7. The van der Waals surface area contributed by atoms with Crippen LogP contribution in [0.15, 0.2) is 59.8 Å². The predicted octanol–water partition coefficient (Wildman–Crippen LogP) is 3.51. The lowest BCUT2D eigenvalue weighted by atomic mass is 10.0. The zero-order valence-electron chi connectivity index (χ0n) is 19.1. The van der Waals surface area contributed by atoms with Crippen molar-refractivity contribution in [3.63, 3.8) is 0 Å². The molecule has 1 atom stereocenters. The number of H-pyrrole nitrogens is 1. The van der Waals surface area contributed by atoms with E-state index in [-0.39, 0.29) is 25.6 Å². The van der Waals surface area contributed by atoms with Gasteiger partial charge in [-0.3, -0.25) is 4.79 Å². The quantitative estimate of drug-likeness (QED) is 0.314. The number of hydrogen-bond donors (Lipinski definition) is 3. The molecule has 0 saturated carbocycles. The first kappa shape index (κ1) is 24.3. The van der Waals surface area contributed by atoms with Crippen molar-refractivity contribution in [3.05, 3.63) is 65.9 Å². The van der Waals surface area contributed by atoms with Gasteiger partial charge in [0, 0.05) is 29.1 Å². The summed E-state index contributed by atoms with van der Waals surface area (Å²) in [6.07, 6.45) is 2.81. The maximum Gasteiger partial charge on any atom is 0.407 e. The fourth-order valence-corrected chi connectivity index (χ4v) is 3.23. The standard InChI is InChI=1S/C25H27N5O4/c1-17(2)16-34-25(32)29-22(13-19-14-27-21-9-5-4-8-20(19)21)24(31)30-28-15-18-7-3-6-10-23(18)33-12-11-26/h3-10,14-15,17,22,27H,12-13,16H2,1-2H3,(H,29,32)(H,30,31)/b28-15-/t22-/m0/s1. The molecule has 0 aliphatic rings. The van der Waals surface area contributed by atoms with Gasteiger partial charge in [0.2, 0.25) is 0 Å². The second-order valence-electron chi connectivity index (χ2n) is 7.97. The highest BCUT2D eigenvalue weighted by molar-refractivity contribution is 5.90. The minimum Gasteiger partial charge on any atom is -0.478 e. The molecular formula is C25H27N5O4. The van der Waals surface area contributed by atoms with Crippen LogP contribution in [0.3, 0.4) is 0 Å². The van der Waals surface area contributed by atoms with Gasteiger partial charge in [-0.2, -0.15) is 10.4 Å². The van der Waals surface area contributed by atoms with Crippen LogP contribution >= 0.6 is 0 Å². The fraction of sp³-hybridized carbons (Fsp3) is 0.280. The minimum absolute atomic E-state index is 0.105. The number of amides is 2. The summed E-state index contributed by atoms with van der Waals surface area (Å²) in [5.74, 6) is 0.130. The monoisotopic (exact) mass is 461 g/mol. The zero-order valence-corrected chi connectivity index (χ0v) is 19.1. The van der Waals surface area contributed by atoms with Crippen LogP contribution in [0.25, 0.3) is 10.9 Å². The van der Waals surface area contributed by atoms with Crippen LogP contribution in [0.2, 0.25) is 0 Å². The van der Waals surface area contributed by atoms with Gasteiger partial charge in [0.05, 0.1) is 12.8 Å². The van der Waals surface area contributed by atoms with E-state index in [1.54, 1.807) is 24.3 Å². The molecule has 0 radical (unpaired) electrons. The van der Waals surface area contributed by atoms with E-state index in [1.165, 1.54) is 6.21 Å². The van der Waals surface area contributed by atoms with Crippen LogP contribution in [0.5, 0.6) is 5.75 Å². The predicted molar refractivity (Wildman–Crippen MR) is 128 cm³/mol. The Hall–Kier alpha value is -4.32. The average molecular weight is 462 g/mol. The van der Waals surface area contributed by atoms with Gasteiger partial charge in [0.15, 0.2) is 6.61 Å². The highest BCUT2D eigenvalue weighted by atomic mass is 16.5. The highest BCUT2D eigenvalue weighted by Gasteiger charge is 2.23. The van der Waals surface area contributed by atoms with E-state index in [0.717, 1.165) is 16.5 Å². The van der Waals surface area contributed by atoms with E-state index in [9.17, 15) is 9.59 Å². The Morgan fingerprint density at radius 1 is 1.18 bits per heavy atom. The average Bonchev–Trinajstić information content (AvgIpc) is 3.24. The largest absolute Gasteiger partial charge is 0.478 e. The third kappa shape index (κ3) is 6.84. The molecule has 0 bridgehead atoms. The van der Waals surface area contributed by atoms with Crippen molar-refractivity contribution in [2.75, 3.05) is 13.2 Å². The molecule has 0 fully saturated rings. The molecule has 2 amide bonds. The first-order chi connectivity index (χ1) is 16.5. The van der Waals surface area contributed by atoms with Crippen molar-refractivity contribution in [2.24, 2.45) is 11.0 Å². The van der Waals surface area contributed by atoms with E-state index in [0.29, 0.717) is 11.3 Å². The Morgan fingerprint density at radius 2 is 1.94 bits per heavy atom. The van der Waals surface area contributed by atoms with E-state index in [2.05, 4.69) is 20.8 Å². The number of aromatic nitrogens is 1. The summed E-state index contributed by atoms with van der Waals surface area (Å²) in [5.41, 5.74) is 4.88. The number of benzene rings is 2. The summed E-state index contributed by atoms with van der Waals surface area (Å²) >= 11 is 0. The van der Waals surface area contributed by atoms with Gasteiger partial charge in [-0.1, -0.05) is 44.2 Å². The van der Waals surface area contributed by atoms with Gasteiger partial charge in [-0.15, -0.1) is 0 Å². The summed E-state index contributed by atoms with van der Waals surface area (Å²) in [6.45, 7) is 3.99. The molecule has 0 unspecified atom stereocenters. The molecule has 9 nitrogen and oxygen atoms in total. The number of nitriles is 1. The number of ether oxygens (including phenoxy) is 2. The van der Waals surface area contributed by atoms with Gasteiger partial charge in [0.1, 0.15) is 17.9 Å². The van der Waals surface area contributed by atoms with Crippen molar-refractivity contribution in [1.29, 1.82) is 5.26 Å². The van der Waals surface area contributed by atoms with E-state index in [4.69, 9.17) is 14.7 Å².